The Morgan fingerprint density at radius 3 is 2.48 bits per heavy atom. The van der Waals surface area contributed by atoms with E-state index in [0.717, 1.165) is 5.56 Å². The minimum Gasteiger partial charge on any atom is -0.606 e. The van der Waals surface area contributed by atoms with E-state index in [2.05, 4.69) is 0 Å². The number of fused-ring (bicyclic) bond motifs is 1. The molecular weight excluding hydrogens is 286 g/mol. The quantitative estimate of drug-likeness (QED) is 0.642. The van der Waals surface area contributed by atoms with Crippen LogP contribution in [-0.2, 0) is 11.2 Å². The molecule has 1 atom stereocenters. The zero-order valence-electron chi connectivity index (χ0n) is 11.4. The van der Waals surface area contributed by atoms with Crippen LogP contribution < -0.4 is 5.73 Å². The maximum atomic E-state index is 12.5. The summed E-state index contributed by atoms with van der Waals surface area (Å²) < 4.78 is 12.5. The van der Waals surface area contributed by atoms with Crippen LogP contribution in [0.3, 0.4) is 0 Å². The van der Waals surface area contributed by atoms with Crippen molar-refractivity contribution in [2.24, 2.45) is 5.73 Å². The molecule has 0 amide bonds. The van der Waals surface area contributed by atoms with Gasteiger partial charge in [0, 0.05) is 16.7 Å². The Morgan fingerprint density at radius 1 is 1.14 bits per heavy atom. The number of aryl methyl sites for hydroxylation is 1. The van der Waals surface area contributed by atoms with E-state index in [-0.39, 0.29) is 16.2 Å². The maximum absolute atomic E-state index is 12.5. The fourth-order valence-corrected chi connectivity index (χ4v) is 3.63. The molecule has 1 aliphatic heterocycles. The van der Waals surface area contributed by atoms with Crippen LogP contribution in [0.15, 0.2) is 58.3 Å². The van der Waals surface area contributed by atoms with Crippen LogP contribution in [0, 0.1) is 6.92 Å². The van der Waals surface area contributed by atoms with Gasteiger partial charge in [-0.25, -0.2) is 0 Å². The Bertz CT molecular complexity index is 726. The standard InChI is InChI=1S/C16H13NO2S.H2O/c1-10-7-8-13-12(9-10)15(18)16(20(13)19)14(17)11-5-3-2-4-6-11;/h2-9H,17H2,1H3;1H2/b16-14+;. The van der Waals surface area contributed by atoms with E-state index in [1.807, 2.05) is 31.2 Å². The second-order valence-electron chi connectivity index (χ2n) is 4.71. The highest BCUT2D eigenvalue weighted by molar-refractivity contribution is 7.97. The van der Waals surface area contributed by atoms with Gasteiger partial charge in [-0.15, -0.1) is 0 Å². The number of Topliss-reactive ketones (excluding diaryl/α,β-unsaturated/α-hetero) is 1. The summed E-state index contributed by atoms with van der Waals surface area (Å²) in [6.45, 7) is 1.90. The summed E-state index contributed by atoms with van der Waals surface area (Å²) in [7, 11) is 0. The SMILES string of the molecule is Cc1ccc2c(c1)C(=O)/C(=C(\N)c1ccccc1)[S+]2[O-].O. The molecule has 0 saturated carbocycles. The normalized spacial score (nSPS) is 19.0. The minimum atomic E-state index is -1.50. The summed E-state index contributed by atoms with van der Waals surface area (Å²) in [6.07, 6.45) is 0. The molecule has 21 heavy (non-hydrogen) atoms. The molecule has 5 heteroatoms. The second kappa shape index (κ2) is 5.73. The van der Waals surface area contributed by atoms with Crippen LogP contribution in [0.1, 0.15) is 21.5 Å². The molecule has 0 fully saturated rings. The zero-order chi connectivity index (χ0) is 14.3. The fraction of sp³-hybridized carbons (Fsp3) is 0.0625. The van der Waals surface area contributed by atoms with Crippen molar-refractivity contribution in [2.75, 3.05) is 0 Å². The van der Waals surface area contributed by atoms with E-state index >= 15 is 0 Å². The van der Waals surface area contributed by atoms with Crippen LogP contribution in [0.5, 0.6) is 0 Å². The zero-order valence-corrected chi connectivity index (χ0v) is 12.2. The second-order valence-corrected chi connectivity index (χ2v) is 6.09. The van der Waals surface area contributed by atoms with Gasteiger partial charge in [0.15, 0.2) is 4.90 Å². The molecule has 2 aromatic carbocycles. The third kappa shape index (κ3) is 2.47. The molecule has 1 unspecified atom stereocenters. The lowest BCUT2D eigenvalue weighted by molar-refractivity contribution is 0.104. The Balaban J connectivity index is 0.00000161. The molecule has 0 aliphatic carbocycles. The van der Waals surface area contributed by atoms with Crippen molar-refractivity contribution in [3.05, 3.63) is 70.1 Å². The maximum Gasteiger partial charge on any atom is 0.248 e. The molecule has 108 valence electrons. The Morgan fingerprint density at radius 2 is 1.81 bits per heavy atom. The number of hydrogen-bond acceptors (Lipinski definition) is 3. The molecule has 0 bridgehead atoms. The van der Waals surface area contributed by atoms with Gasteiger partial charge < -0.3 is 15.8 Å². The van der Waals surface area contributed by atoms with E-state index in [1.54, 1.807) is 24.3 Å². The Hall–Kier alpha value is -2.08. The number of nitrogens with two attached hydrogens (primary N) is 1. The number of benzene rings is 2. The van der Waals surface area contributed by atoms with E-state index in [1.165, 1.54) is 0 Å². The number of hydrogen-bond donors (Lipinski definition) is 1. The number of carbonyl (C=O) groups excluding carboxylic acids is 1. The Kier molecular flexibility index (Phi) is 4.18. The highest BCUT2D eigenvalue weighted by Gasteiger charge is 2.41. The van der Waals surface area contributed by atoms with E-state index in [4.69, 9.17) is 5.73 Å². The summed E-state index contributed by atoms with van der Waals surface area (Å²) in [5, 5.41) is 0. The van der Waals surface area contributed by atoms with Gasteiger partial charge in [0.2, 0.25) is 10.7 Å². The first kappa shape index (κ1) is 15.3. The lowest BCUT2D eigenvalue weighted by Crippen LogP contribution is -2.11. The summed E-state index contributed by atoms with van der Waals surface area (Å²) in [5.41, 5.74) is 8.54. The largest absolute Gasteiger partial charge is 0.606 e. The molecule has 1 aliphatic rings. The number of ketones is 1. The fourth-order valence-electron chi connectivity index (χ4n) is 2.27. The summed E-state index contributed by atoms with van der Waals surface area (Å²) in [4.78, 5) is 13.2. The van der Waals surface area contributed by atoms with Gasteiger partial charge in [0.25, 0.3) is 0 Å². The molecule has 0 spiro atoms. The van der Waals surface area contributed by atoms with Crippen molar-refractivity contribution >= 4 is 22.7 Å². The summed E-state index contributed by atoms with van der Waals surface area (Å²) in [6, 6.07) is 14.5. The van der Waals surface area contributed by atoms with Crippen molar-refractivity contribution in [1.29, 1.82) is 0 Å². The van der Waals surface area contributed by atoms with E-state index < -0.39 is 11.2 Å². The Labute approximate surface area is 125 Å². The first-order valence-corrected chi connectivity index (χ1v) is 7.37. The monoisotopic (exact) mass is 301 g/mol. The first-order chi connectivity index (χ1) is 9.59. The lowest BCUT2D eigenvalue weighted by Gasteiger charge is -2.07. The summed E-state index contributed by atoms with van der Waals surface area (Å²) in [5.74, 6) is -0.233. The lowest BCUT2D eigenvalue weighted by atomic mass is 10.1. The van der Waals surface area contributed by atoms with Crippen molar-refractivity contribution in [2.45, 2.75) is 11.8 Å². The van der Waals surface area contributed by atoms with Gasteiger partial charge in [-0.05, 0) is 19.1 Å². The summed E-state index contributed by atoms with van der Waals surface area (Å²) >= 11 is -1.50. The first-order valence-electron chi connectivity index (χ1n) is 6.22. The number of rotatable bonds is 1. The van der Waals surface area contributed by atoms with Gasteiger partial charge in [-0.3, -0.25) is 4.79 Å². The highest BCUT2D eigenvalue weighted by Crippen LogP contribution is 2.37. The van der Waals surface area contributed by atoms with Gasteiger partial charge in [0.1, 0.15) is 0 Å². The predicted octanol–water partition coefficient (Wildman–Crippen LogP) is 1.80. The van der Waals surface area contributed by atoms with Crippen LogP contribution in [0.2, 0.25) is 0 Å². The van der Waals surface area contributed by atoms with Gasteiger partial charge in [-0.1, -0.05) is 42.0 Å². The molecule has 0 saturated heterocycles. The number of carbonyl (C=O) groups is 1. The van der Waals surface area contributed by atoms with Crippen molar-refractivity contribution in [3.63, 3.8) is 0 Å². The van der Waals surface area contributed by atoms with Crippen LogP contribution >= 0.6 is 0 Å². The van der Waals surface area contributed by atoms with Gasteiger partial charge >= 0.3 is 0 Å². The number of allylic oxidation sites excluding steroid dienone is 1. The minimum absolute atomic E-state index is 0. The van der Waals surface area contributed by atoms with Crippen molar-refractivity contribution in [1.82, 2.24) is 0 Å². The molecule has 0 radical (unpaired) electrons. The topological polar surface area (TPSA) is 97.7 Å². The third-order valence-electron chi connectivity index (χ3n) is 3.30. The molecule has 4 N–H and O–H groups in total. The molecule has 0 aromatic heterocycles. The average molecular weight is 301 g/mol. The predicted molar refractivity (Wildman–Crippen MR) is 83.1 cm³/mol. The van der Waals surface area contributed by atoms with Crippen molar-refractivity contribution in [3.8, 4) is 0 Å². The third-order valence-corrected chi connectivity index (χ3v) is 4.83. The molecule has 4 nitrogen and oxygen atoms in total. The van der Waals surface area contributed by atoms with Crippen molar-refractivity contribution < 1.29 is 14.8 Å². The van der Waals surface area contributed by atoms with E-state index in [9.17, 15) is 9.35 Å². The van der Waals surface area contributed by atoms with E-state index in [0.29, 0.717) is 21.7 Å². The van der Waals surface area contributed by atoms with Crippen LogP contribution in [0.25, 0.3) is 5.70 Å². The molecular formula is C16H15NO3S. The van der Waals surface area contributed by atoms with Crippen LogP contribution in [-0.4, -0.2) is 15.8 Å². The molecule has 1 heterocycles. The highest BCUT2D eigenvalue weighted by atomic mass is 32.2. The van der Waals surface area contributed by atoms with Gasteiger partial charge in [-0.2, -0.15) is 0 Å². The van der Waals surface area contributed by atoms with Gasteiger partial charge in [0.05, 0.1) is 11.3 Å². The molecule has 2 aromatic rings. The molecule has 3 rings (SSSR count). The van der Waals surface area contributed by atoms with Crippen LogP contribution in [0.4, 0.5) is 0 Å². The smallest absolute Gasteiger partial charge is 0.248 e. The average Bonchev–Trinajstić information content (AvgIpc) is 2.71.